The first-order valence-electron chi connectivity index (χ1n) is 5.64. The molecular formula is C13H20O2S. The molecular weight excluding hydrogens is 220 g/mol. The highest BCUT2D eigenvalue weighted by molar-refractivity contribution is 7.99. The average molecular weight is 240 g/mol. The summed E-state index contributed by atoms with van der Waals surface area (Å²) in [6, 6.07) is 5.91. The Morgan fingerprint density at radius 3 is 2.81 bits per heavy atom. The molecule has 1 atom stereocenters. The standard InChI is InChI=1S/C13H20O2S/c1-4-16-8-7-15-13-9-10(2)5-6-12(13)11(3)14/h5-6,9,11,14H,4,7-8H2,1-3H3. The van der Waals surface area contributed by atoms with Crippen molar-refractivity contribution in [3.05, 3.63) is 29.3 Å². The van der Waals surface area contributed by atoms with Gasteiger partial charge in [-0.05, 0) is 31.2 Å². The van der Waals surface area contributed by atoms with Gasteiger partial charge in [0.15, 0.2) is 0 Å². The molecule has 2 nitrogen and oxygen atoms in total. The molecule has 1 unspecified atom stereocenters. The molecule has 1 rings (SSSR count). The molecule has 1 N–H and O–H groups in total. The van der Waals surface area contributed by atoms with E-state index in [-0.39, 0.29) is 0 Å². The Morgan fingerprint density at radius 2 is 2.19 bits per heavy atom. The van der Waals surface area contributed by atoms with Crippen molar-refractivity contribution in [1.82, 2.24) is 0 Å². The summed E-state index contributed by atoms with van der Waals surface area (Å²) in [6.45, 7) is 6.62. The lowest BCUT2D eigenvalue weighted by molar-refractivity contribution is 0.192. The first kappa shape index (κ1) is 13.4. The first-order valence-corrected chi connectivity index (χ1v) is 6.79. The molecule has 0 aliphatic rings. The van der Waals surface area contributed by atoms with E-state index in [0.717, 1.165) is 28.4 Å². The number of rotatable bonds is 6. The van der Waals surface area contributed by atoms with Crippen LogP contribution in [0.5, 0.6) is 5.75 Å². The van der Waals surface area contributed by atoms with Crippen molar-refractivity contribution in [3.63, 3.8) is 0 Å². The topological polar surface area (TPSA) is 29.5 Å². The van der Waals surface area contributed by atoms with Crippen LogP contribution in [0.15, 0.2) is 18.2 Å². The number of hydrogen-bond donors (Lipinski definition) is 1. The molecule has 0 saturated carbocycles. The normalized spacial score (nSPS) is 12.5. The highest BCUT2D eigenvalue weighted by Gasteiger charge is 2.08. The van der Waals surface area contributed by atoms with Gasteiger partial charge in [-0.2, -0.15) is 11.8 Å². The Hall–Kier alpha value is -0.670. The van der Waals surface area contributed by atoms with Gasteiger partial charge in [0, 0.05) is 11.3 Å². The van der Waals surface area contributed by atoms with Gasteiger partial charge in [0.1, 0.15) is 5.75 Å². The summed E-state index contributed by atoms with van der Waals surface area (Å²) < 4.78 is 5.70. The van der Waals surface area contributed by atoms with Gasteiger partial charge in [-0.3, -0.25) is 0 Å². The van der Waals surface area contributed by atoms with Gasteiger partial charge < -0.3 is 9.84 Å². The summed E-state index contributed by atoms with van der Waals surface area (Å²) in [5, 5.41) is 9.61. The monoisotopic (exact) mass is 240 g/mol. The zero-order chi connectivity index (χ0) is 12.0. The van der Waals surface area contributed by atoms with Gasteiger partial charge in [-0.15, -0.1) is 0 Å². The van der Waals surface area contributed by atoms with Crippen LogP contribution in [0.25, 0.3) is 0 Å². The van der Waals surface area contributed by atoms with E-state index < -0.39 is 6.10 Å². The highest BCUT2D eigenvalue weighted by atomic mass is 32.2. The molecule has 16 heavy (non-hydrogen) atoms. The number of aryl methyl sites for hydroxylation is 1. The van der Waals surface area contributed by atoms with Crippen LogP contribution in [0.3, 0.4) is 0 Å². The Balaban J connectivity index is 2.65. The van der Waals surface area contributed by atoms with E-state index in [1.165, 1.54) is 0 Å². The smallest absolute Gasteiger partial charge is 0.125 e. The van der Waals surface area contributed by atoms with Gasteiger partial charge in [0.2, 0.25) is 0 Å². The fourth-order valence-electron chi connectivity index (χ4n) is 1.47. The average Bonchev–Trinajstić information content (AvgIpc) is 2.24. The van der Waals surface area contributed by atoms with Crippen molar-refractivity contribution >= 4 is 11.8 Å². The number of hydrogen-bond acceptors (Lipinski definition) is 3. The number of ether oxygens (including phenoxy) is 1. The molecule has 0 radical (unpaired) electrons. The molecule has 0 spiro atoms. The third-order valence-electron chi connectivity index (χ3n) is 2.31. The fourth-order valence-corrected chi connectivity index (χ4v) is 1.96. The zero-order valence-electron chi connectivity index (χ0n) is 10.2. The molecule has 90 valence electrons. The summed E-state index contributed by atoms with van der Waals surface area (Å²) >= 11 is 1.86. The first-order chi connectivity index (χ1) is 7.65. The van der Waals surface area contributed by atoms with Crippen molar-refractivity contribution in [2.75, 3.05) is 18.1 Å². The van der Waals surface area contributed by atoms with Crippen LogP contribution >= 0.6 is 11.8 Å². The molecule has 3 heteroatoms. The van der Waals surface area contributed by atoms with Crippen LogP contribution in [0.2, 0.25) is 0 Å². The molecule has 0 saturated heterocycles. The van der Waals surface area contributed by atoms with E-state index in [1.54, 1.807) is 6.92 Å². The molecule has 0 aliphatic heterocycles. The van der Waals surface area contributed by atoms with E-state index >= 15 is 0 Å². The SMILES string of the molecule is CCSCCOc1cc(C)ccc1C(C)O. The van der Waals surface area contributed by atoms with Crippen molar-refractivity contribution in [3.8, 4) is 5.75 Å². The lowest BCUT2D eigenvalue weighted by Crippen LogP contribution is -2.04. The third kappa shape index (κ3) is 4.06. The second-order valence-corrected chi connectivity index (χ2v) is 5.16. The van der Waals surface area contributed by atoms with Crippen LogP contribution in [-0.2, 0) is 0 Å². The maximum atomic E-state index is 9.61. The van der Waals surface area contributed by atoms with Gasteiger partial charge >= 0.3 is 0 Å². The van der Waals surface area contributed by atoms with Gasteiger partial charge in [0.25, 0.3) is 0 Å². The lowest BCUT2D eigenvalue weighted by atomic mass is 10.1. The van der Waals surface area contributed by atoms with Crippen LogP contribution in [0.4, 0.5) is 0 Å². The molecule has 0 fully saturated rings. The minimum atomic E-state index is -0.477. The number of benzene rings is 1. The predicted octanol–water partition coefficient (Wildman–Crippen LogP) is 3.18. The summed E-state index contributed by atoms with van der Waals surface area (Å²) in [4.78, 5) is 0. The van der Waals surface area contributed by atoms with Crippen LogP contribution in [-0.4, -0.2) is 23.2 Å². The maximum absolute atomic E-state index is 9.61. The fraction of sp³-hybridized carbons (Fsp3) is 0.538. The quantitative estimate of drug-likeness (QED) is 0.774. The Kier molecular flexibility index (Phi) is 5.71. The molecule has 0 amide bonds. The molecule has 1 aromatic carbocycles. The van der Waals surface area contributed by atoms with E-state index in [9.17, 15) is 5.11 Å². The Labute approximate surface area is 102 Å². The van der Waals surface area contributed by atoms with Crippen molar-refractivity contribution in [2.24, 2.45) is 0 Å². The number of aliphatic hydroxyl groups excluding tert-OH is 1. The van der Waals surface area contributed by atoms with E-state index in [4.69, 9.17) is 4.74 Å². The largest absolute Gasteiger partial charge is 0.492 e. The summed E-state index contributed by atoms with van der Waals surface area (Å²) in [5.41, 5.74) is 2.02. The van der Waals surface area contributed by atoms with Crippen molar-refractivity contribution in [1.29, 1.82) is 0 Å². The molecule has 0 heterocycles. The third-order valence-corrected chi connectivity index (χ3v) is 3.17. The highest BCUT2D eigenvalue weighted by Crippen LogP contribution is 2.26. The second kappa shape index (κ2) is 6.81. The summed E-state index contributed by atoms with van der Waals surface area (Å²) in [6.07, 6.45) is -0.477. The second-order valence-electron chi connectivity index (χ2n) is 3.76. The Morgan fingerprint density at radius 1 is 1.44 bits per heavy atom. The van der Waals surface area contributed by atoms with Crippen molar-refractivity contribution < 1.29 is 9.84 Å². The zero-order valence-corrected chi connectivity index (χ0v) is 11.0. The molecule has 0 aliphatic carbocycles. The van der Waals surface area contributed by atoms with E-state index in [2.05, 4.69) is 6.92 Å². The van der Waals surface area contributed by atoms with Gasteiger partial charge in [-0.1, -0.05) is 19.1 Å². The summed E-state index contributed by atoms with van der Waals surface area (Å²) in [5.74, 6) is 2.91. The maximum Gasteiger partial charge on any atom is 0.125 e. The molecule has 1 aromatic rings. The lowest BCUT2D eigenvalue weighted by Gasteiger charge is -2.14. The summed E-state index contributed by atoms with van der Waals surface area (Å²) in [7, 11) is 0. The van der Waals surface area contributed by atoms with Gasteiger partial charge in [0.05, 0.1) is 12.7 Å². The predicted molar refractivity (Wildman–Crippen MR) is 70.3 cm³/mol. The van der Waals surface area contributed by atoms with Crippen LogP contribution in [0, 0.1) is 6.92 Å². The Bertz CT molecular complexity index is 324. The van der Waals surface area contributed by atoms with Gasteiger partial charge in [-0.25, -0.2) is 0 Å². The van der Waals surface area contributed by atoms with Crippen LogP contribution < -0.4 is 4.74 Å². The van der Waals surface area contributed by atoms with E-state index in [1.807, 2.05) is 36.9 Å². The minimum absolute atomic E-state index is 0.477. The molecule has 0 bridgehead atoms. The molecule has 0 aromatic heterocycles. The minimum Gasteiger partial charge on any atom is -0.492 e. The van der Waals surface area contributed by atoms with E-state index in [0.29, 0.717) is 6.61 Å². The number of thioether (sulfide) groups is 1. The van der Waals surface area contributed by atoms with Crippen LogP contribution in [0.1, 0.15) is 31.1 Å². The number of aliphatic hydroxyl groups is 1. The van der Waals surface area contributed by atoms with Crippen molar-refractivity contribution in [2.45, 2.75) is 26.9 Å².